The fraction of sp³-hybridized carbons (Fsp3) is 0.481. The van der Waals surface area contributed by atoms with E-state index in [9.17, 15) is 0 Å². The molecular formula is C27H37N7OS. The Balaban J connectivity index is 1.41. The lowest BCUT2D eigenvalue weighted by molar-refractivity contribution is 0.214. The van der Waals surface area contributed by atoms with Crippen molar-refractivity contribution >= 4 is 23.2 Å². The van der Waals surface area contributed by atoms with Gasteiger partial charge in [-0.1, -0.05) is 32.6 Å². The van der Waals surface area contributed by atoms with Gasteiger partial charge in [-0.2, -0.15) is 4.99 Å². The Hall–Kier alpha value is -3.04. The standard InChI is InChI=1S/C27H37N7OS/c1-4-5-6-7-8-19-35-22-11-9-21(10-12-22)25-30-20(2)24(36-25)23-13-14-29-27(31-23)32-26(28)34-17-15-33(3)16-18-34/h9-14H,4-8,15-19H2,1-3H3,(H2,28,29,31,32). The maximum atomic E-state index is 6.25. The molecule has 0 unspecified atom stereocenters. The summed E-state index contributed by atoms with van der Waals surface area (Å²) in [7, 11) is 2.11. The van der Waals surface area contributed by atoms with E-state index in [1.54, 1.807) is 17.5 Å². The fourth-order valence-corrected chi connectivity index (χ4v) is 5.13. The van der Waals surface area contributed by atoms with Gasteiger partial charge in [-0.25, -0.2) is 15.0 Å². The number of rotatable bonds is 10. The molecule has 0 bridgehead atoms. The quantitative estimate of drug-likeness (QED) is 0.231. The first-order chi connectivity index (χ1) is 17.5. The Morgan fingerprint density at radius 2 is 1.78 bits per heavy atom. The second kappa shape index (κ2) is 12.8. The first kappa shape index (κ1) is 26.0. The lowest BCUT2D eigenvalue weighted by Crippen LogP contribution is -2.49. The topological polar surface area (TPSA) is 92.8 Å². The van der Waals surface area contributed by atoms with Crippen molar-refractivity contribution < 1.29 is 4.74 Å². The molecule has 1 aromatic carbocycles. The summed E-state index contributed by atoms with van der Waals surface area (Å²) >= 11 is 1.62. The average Bonchev–Trinajstić information content (AvgIpc) is 3.28. The van der Waals surface area contributed by atoms with Gasteiger partial charge >= 0.3 is 0 Å². The number of hydrogen-bond acceptors (Lipinski definition) is 7. The molecule has 0 radical (unpaired) electrons. The van der Waals surface area contributed by atoms with Crippen molar-refractivity contribution in [2.45, 2.75) is 46.0 Å². The molecule has 3 heterocycles. The minimum absolute atomic E-state index is 0.370. The smallest absolute Gasteiger partial charge is 0.253 e. The highest BCUT2D eigenvalue weighted by molar-refractivity contribution is 7.18. The molecule has 0 spiro atoms. The first-order valence-corrected chi connectivity index (χ1v) is 13.7. The number of guanidine groups is 1. The van der Waals surface area contributed by atoms with E-state index in [2.05, 4.69) is 50.9 Å². The van der Waals surface area contributed by atoms with Crippen molar-refractivity contribution in [1.82, 2.24) is 24.8 Å². The van der Waals surface area contributed by atoms with Gasteiger partial charge < -0.3 is 20.3 Å². The largest absolute Gasteiger partial charge is 0.494 e. The summed E-state index contributed by atoms with van der Waals surface area (Å²) in [6, 6.07) is 10.1. The minimum Gasteiger partial charge on any atom is -0.494 e. The van der Waals surface area contributed by atoms with E-state index in [0.717, 1.165) is 71.8 Å². The molecule has 192 valence electrons. The van der Waals surface area contributed by atoms with Crippen molar-refractivity contribution in [3.8, 4) is 26.9 Å². The molecular weight excluding hydrogens is 470 g/mol. The monoisotopic (exact) mass is 507 g/mol. The summed E-state index contributed by atoms with van der Waals surface area (Å²) in [6.45, 7) is 8.64. The number of nitrogens with zero attached hydrogens (tertiary/aromatic N) is 6. The lowest BCUT2D eigenvalue weighted by atomic mass is 10.2. The Kier molecular flexibility index (Phi) is 9.24. The number of nitrogens with two attached hydrogens (primary N) is 1. The molecule has 9 heteroatoms. The van der Waals surface area contributed by atoms with Crippen LogP contribution < -0.4 is 10.5 Å². The number of piperazine rings is 1. The Bertz CT molecular complexity index is 1140. The van der Waals surface area contributed by atoms with Crippen LogP contribution in [0.5, 0.6) is 5.75 Å². The van der Waals surface area contributed by atoms with Crippen LogP contribution in [0, 0.1) is 6.92 Å². The zero-order chi connectivity index (χ0) is 25.3. The second-order valence-corrected chi connectivity index (χ2v) is 10.2. The molecule has 1 aliphatic heterocycles. The van der Waals surface area contributed by atoms with Crippen molar-refractivity contribution in [3.63, 3.8) is 0 Å². The highest BCUT2D eigenvalue weighted by Crippen LogP contribution is 2.35. The third kappa shape index (κ3) is 7.01. The van der Waals surface area contributed by atoms with E-state index in [0.29, 0.717) is 11.9 Å². The van der Waals surface area contributed by atoms with Gasteiger partial charge in [0.15, 0.2) is 5.96 Å². The normalized spacial score (nSPS) is 14.9. The lowest BCUT2D eigenvalue weighted by Gasteiger charge is -2.32. The third-order valence-corrected chi connectivity index (χ3v) is 7.56. The molecule has 2 N–H and O–H groups in total. The van der Waals surface area contributed by atoms with E-state index in [4.69, 9.17) is 15.5 Å². The van der Waals surface area contributed by atoms with Crippen LogP contribution in [0.3, 0.4) is 0 Å². The molecule has 2 aromatic heterocycles. The van der Waals surface area contributed by atoms with E-state index in [1.165, 1.54) is 25.7 Å². The number of aryl methyl sites for hydroxylation is 1. The summed E-state index contributed by atoms with van der Waals surface area (Å²) in [5.41, 5.74) is 9.06. The molecule has 0 atom stereocenters. The number of likely N-dealkylation sites (N-methyl/N-ethyl adjacent to an activating group) is 1. The Labute approximate surface area is 218 Å². The Morgan fingerprint density at radius 1 is 1.03 bits per heavy atom. The van der Waals surface area contributed by atoms with Crippen LogP contribution in [0.2, 0.25) is 0 Å². The number of hydrogen-bond donors (Lipinski definition) is 1. The highest BCUT2D eigenvalue weighted by Gasteiger charge is 2.17. The predicted molar refractivity (Wildman–Crippen MR) is 148 cm³/mol. The van der Waals surface area contributed by atoms with Crippen molar-refractivity contribution in [1.29, 1.82) is 0 Å². The molecule has 1 saturated heterocycles. The molecule has 1 aliphatic rings. The summed E-state index contributed by atoms with van der Waals surface area (Å²) in [4.78, 5) is 23.7. The maximum absolute atomic E-state index is 6.25. The van der Waals surface area contributed by atoms with Gasteiger partial charge in [0, 0.05) is 37.9 Å². The fourth-order valence-electron chi connectivity index (χ4n) is 4.08. The molecule has 3 aromatic rings. The molecule has 1 fully saturated rings. The van der Waals surface area contributed by atoms with Crippen LogP contribution in [0.15, 0.2) is 41.5 Å². The number of aliphatic imine (C=N–C) groups is 1. The molecule has 0 saturated carbocycles. The van der Waals surface area contributed by atoms with Crippen LogP contribution in [0.25, 0.3) is 21.1 Å². The number of ether oxygens (including phenoxy) is 1. The summed E-state index contributed by atoms with van der Waals surface area (Å²) in [6.07, 6.45) is 7.91. The van der Waals surface area contributed by atoms with Gasteiger partial charge in [0.1, 0.15) is 10.8 Å². The van der Waals surface area contributed by atoms with Gasteiger partial charge in [0.2, 0.25) is 0 Å². The maximum Gasteiger partial charge on any atom is 0.253 e. The van der Waals surface area contributed by atoms with Crippen LogP contribution in [0.4, 0.5) is 5.95 Å². The zero-order valence-corrected chi connectivity index (χ0v) is 22.4. The second-order valence-electron chi connectivity index (χ2n) is 9.22. The first-order valence-electron chi connectivity index (χ1n) is 12.8. The summed E-state index contributed by atoms with van der Waals surface area (Å²) < 4.78 is 5.91. The number of aromatic nitrogens is 3. The molecule has 4 rings (SSSR count). The van der Waals surface area contributed by atoms with Gasteiger partial charge in [0.25, 0.3) is 5.95 Å². The molecule has 36 heavy (non-hydrogen) atoms. The van der Waals surface area contributed by atoms with E-state index >= 15 is 0 Å². The summed E-state index contributed by atoms with van der Waals surface area (Å²) in [5.74, 6) is 1.73. The number of thiazole rings is 1. The SMILES string of the molecule is CCCCCCCOc1ccc(-c2nc(C)c(-c3ccnc(N=C(N)N4CCN(C)CC4)n3)s2)cc1. The van der Waals surface area contributed by atoms with E-state index in [1.807, 2.05) is 25.1 Å². The van der Waals surface area contributed by atoms with Gasteiger partial charge in [-0.3, -0.25) is 0 Å². The van der Waals surface area contributed by atoms with Crippen LogP contribution in [-0.2, 0) is 0 Å². The van der Waals surface area contributed by atoms with Crippen LogP contribution in [-0.4, -0.2) is 70.5 Å². The molecule has 0 aliphatic carbocycles. The number of benzene rings is 1. The van der Waals surface area contributed by atoms with E-state index in [-0.39, 0.29) is 0 Å². The van der Waals surface area contributed by atoms with Crippen molar-refractivity contribution in [3.05, 3.63) is 42.2 Å². The van der Waals surface area contributed by atoms with Gasteiger partial charge in [0.05, 0.1) is 22.9 Å². The van der Waals surface area contributed by atoms with E-state index < -0.39 is 0 Å². The summed E-state index contributed by atoms with van der Waals surface area (Å²) in [5, 5.41) is 0.953. The van der Waals surface area contributed by atoms with Crippen LogP contribution >= 0.6 is 11.3 Å². The minimum atomic E-state index is 0.370. The Morgan fingerprint density at radius 3 is 2.53 bits per heavy atom. The van der Waals surface area contributed by atoms with Gasteiger partial charge in [-0.15, -0.1) is 11.3 Å². The molecule has 0 amide bonds. The van der Waals surface area contributed by atoms with Crippen LogP contribution in [0.1, 0.15) is 44.7 Å². The van der Waals surface area contributed by atoms with Crippen molar-refractivity contribution in [2.75, 3.05) is 39.8 Å². The molecule has 8 nitrogen and oxygen atoms in total. The van der Waals surface area contributed by atoms with Gasteiger partial charge in [-0.05, 0) is 50.7 Å². The number of unbranched alkanes of at least 4 members (excludes halogenated alkanes) is 4. The third-order valence-electron chi connectivity index (χ3n) is 6.33. The predicted octanol–water partition coefficient (Wildman–Crippen LogP) is 5.12. The van der Waals surface area contributed by atoms with Crippen molar-refractivity contribution in [2.24, 2.45) is 10.7 Å². The highest BCUT2D eigenvalue weighted by atomic mass is 32.1. The zero-order valence-electron chi connectivity index (χ0n) is 21.6. The average molecular weight is 508 g/mol.